The Hall–Kier alpha value is -1.02. The summed E-state index contributed by atoms with van der Waals surface area (Å²) in [7, 11) is 0. The van der Waals surface area contributed by atoms with Gasteiger partial charge in [0.1, 0.15) is 5.75 Å². The number of aliphatic hydroxyl groups is 1. The third-order valence-corrected chi connectivity index (χ3v) is 3.04. The minimum Gasteiger partial charge on any atom is -0.493 e. The van der Waals surface area contributed by atoms with Crippen LogP contribution in [0.25, 0.3) is 0 Å². The first-order valence-electron chi connectivity index (χ1n) is 6.51. The van der Waals surface area contributed by atoms with Crippen LogP contribution in [0.3, 0.4) is 0 Å². The lowest BCUT2D eigenvalue weighted by Gasteiger charge is -2.13. The molecule has 1 aromatic rings. The highest BCUT2D eigenvalue weighted by atomic mass is 16.5. The van der Waals surface area contributed by atoms with E-state index in [1.54, 1.807) is 0 Å². The van der Waals surface area contributed by atoms with Crippen molar-refractivity contribution in [2.24, 2.45) is 5.92 Å². The Kier molecular flexibility index (Phi) is 6.06. The third kappa shape index (κ3) is 4.78. The first-order chi connectivity index (χ1) is 8.17. The number of hydrogen-bond acceptors (Lipinski definition) is 2. The van der Waals surface area contributed by atoms with E-state index >= 15 is 0 Å². The Morgan fingerprint density at radius 3 is 2.35 bits per heavy atom. The Balaban J connectivity index is 2.45. The van der Waals surface area contributed by atoms with Gasteiger partial charge in [0.2, 0.25) is 0 Å². The van der Waals surface area contributed by atoms with Gasteiger partial charge in [-0.25, -0.2) is 0 Å². The highest BCUT2D eigenvalue weighted by Crippen LogP contribution is 2.19. The maximum atomic E-state index is 9.06. The molecule has 2 nitrogen and oxygen atoms in total. The number of rotatable bonds is 7. The van der Waals surface area contributed by atoms with Crippen LogP contribution in [0.4, 0.5) is 0 Å². The fourth-order valence-electron chi connectivity index (χ4n) is 1.81. The molecule has 0 fully saturated rings. The summed E-state index contributed by atoms with van der Waals surface area (Å²) in [6.07, 6.45) is 2.41. The molecular formula is C15H24O2. The van der Waals surface area contributed by atoms with Crippen LogP contribution < -0.4 is 4.74 Å². The van der Waals surface area contributed by atoms with Crippen molar-refractivity contribution < 1.29 is 9.84 Å². The van der Waals surface area contributed by atoms with E-state index in [1.165, 1.54) is 12.8 Å². The van der Waals surface area contributed by atoms with Gasteiger partial charge in [-0.15, -0.1) is 0 Å². The second kappa shape index (κ2) is 7.33. The van der Waals surface area contributed by atoms with E-state index in [4.69, 9.17) is 9.84 Å². The van der Waals surface area contributed by atoms with Gasteiger partial charge in [0, 0.05) is 12.5 Å². The first kappa shape index (κ1) is 14.0. The van der Waals surface area contributed by atoms with Gasteiger partial charge in [-0.05, 0) is 30.0 Å². The van der Waals surface area contributed by atoms with Gasteiger partial charge < -0.3 is 9.84 Å². The molecule has 1 unspecified atom stereocenters. The summed E-state index contributed by atoms with van der Waals surface area (Å²) >= 11 is 0. The molecule has 0 aromatic heterocycles. The molecule has 1 aromatic carbocycles. The van der Waals surface area contributed by atoms with Crippen LogP contribution in [0.1, 0.15) is 45.1 Å². The largest absolute Gasteiger partial charge is 0.493 e. The van der Waals surface area contributed by atoms with E-state index < -0.39 is 0 Å². The lowest BCUT2D eigenvalue weighted by molar-refractivity contribution is 0.251. The van der Waals surface area contributed by atoms with E-state index in [2.05, 4.69) is 13.8 Å². The fourth-order valence-corrected chi connectivity index (χ4v) is 1.81. The van der Waals surface area contributed by atoms with Crippen molar-refractivity contribution in [1.29, 1.82) is 0 Å². The second-order valence-electron chi connectivity index (χ2n) is 4.86. The Morgan fingerprint density at radius 2 is 1.82 bits per heavy atom. The molecule has 0 aliphatic heterocycles. The van der Waals surface area contributed by atoms with Crippen LogP contribution in [0.2, 0.25) is 0 Å². The van der Waals surface area contributed by atoms with Crippen LogP contribution in [-0.2, 0) is 0 Å². The average molecular weight is 236 g/mol. The van der Waals surface area contributed by atoms with Gasteiger partial charge in [0.25, 0.3) is 0 Å². The van der Waals surface area contributed by atoms with Gasteiger partial charge in [-0.1, -0.05) is 39.3 Å². The van der Waals surface area contributed by atoms with Crippen molar-refractivity contribution >= 4 is 0 Å². The lowest BCUT2D eigenvalue weighted by atomic mass is 10.0. The van der Waals surface area contributed by atoms with E-state index in [-0.39, 0.29) is 12.5 Å². The van der Waals surface area contributed by atoms with Crippen molar-refractivity contribution in [3.8, 4) is 5.75 Å². The zero-order valence-corrected chi connectivity index (χ0v) is 11.1. The molecule has 0 radical (unpaired) electrons. The van der Waals surface area contributed by atoms with Crippen molar-refractivity contribution in [1.82, 2.24) is 0 Å². The highest BCUT2D eigenvalue weighted by molar-refractivity contribution is 5.29. The summed E-state index contributed by atoms with van der Waals surface area (Å²) in [5, 5.41) is 9.06. The maximum Gasteiger partial charge on any atom is 0.119 e. The number of aliphatic hydroxyl groups excluding tert-OH is 1. The summed E-state index contributed by atoms with van der Waals surface area (Å²) in [4.78, 5) is 0. The Bertz CT molecular complexity index is 305. The smallest absolute Gasteiger partial charge is 0.119 e. The van der Waals surface area contributed by atoms with E-state index in [0.717, 1.165) is 17.9 Å². The summed E-state index contributed by atoms with van der Waals surface area (Å²) in [6, 6.07) is 8.03. The predicted molar refractivity (Wildman–Crippen MR) is 71.5 cm³/mol. The van der Waals surface area contributed by atoms with Crippen molar-refractivity contribution in [3.05, 3.63) is 29.8 Å². The van der Waals surface area contributed by atoms with E-state index in [9.17, 15) is 0 Å². The third-order valence-electron chi connectivity index (χ3n) is 3.04. The molecule has 0 heterocycles. The lowest BCUT2D eigenvalue weighted by Crippen LogP contribution is -2.08. The molecule has 2 atom stereocenters. The molecular weight excluding hydrogens is 212 g/mol. The summed E-state index contributed by atoms with van der Waals surface area (Å²) in [5.74, 6) is 1.72. The molecule has 17 heavy (non-hydrogen) atoms. The van der Waals surface area contributed by atoms with Crippen LogP contribution in [0.15, 0.2) is 24.3 Å². The monoisotopic (exact) mass is 236 g/mol. The van der Waals surface area contributed by atoms with Gasteiger partial charge >= 0.3 is 0 Å². The van der Waals surface area contributed by atoms with Crippen molar-refractivity contribution in [2.45, 2.75) is 39.5 Å². The maximum absolute atomic E-state index is 9.06. The molecule has 0 spiro atoms. The number of benzene rings is 1. The predicted octanol–water partition coefficient (Wildman–Crippen LogP) is 3.60. The van der Waals surface area contributed by atoms with Crippen LogP contribution in [0, 0.1) is 5.92 Å². The molecule has 0 aliphatic carbocycles. The molecule has 0 bridgehead atoms. The SMILES string of the molecule is CCCC(C)COc1ccc([C@@H](C)CO)cc1. The van der Waals surface area contributed by atoms with Gasteiger partial charge in [0.05, 0.1) is 6.61 Å². The average Bonchev–Trinajstić information content (AvgIpc) is 2.36. The zero-order chi connectivity index (χ0) is 12.7. The summed E-state index contributed by atoms with van der Waals surface area (Å²) < 4.78 is 5.73. The molecule has 0 saturated carbocycles. The molecule has 0 aliphatic rings. The molecule has 0 saturated heterocycles. The summed E-state index contributed by atoms with van der Waals surface area (Å²) in [6.45, 7) is 7.39. The molecule has 96 valence electrons. The van der Waals surface area contributed by atoms with Crippen molar-refractivity contribution in [3.63, 3.8) is 0 Å². The minimum atomic E-state index is 0.188. The molecule has 2 heteroatoms. The first-order valence-corrected chi connectivity index (χ1v) is 6.51. The van der Waals surface area contributed by atoms with Crippen LogP contribution >= 0.6 is 0 Å². The normalized spacial score (nSPS) is 14.4. The van der Waals surface area contributed by atoms with Gasteiger partial charge in [0.15, 0.2) is 0 Å². The summed E-state index contributed by atoms with van der Waals surface area (Å²) in [5.41, 5.74) is 1.15. The number of hydrogen-bond donors (Lipinski definition) is 1. The van der Waals surface area contributed by atoms with Gasteiger partial charge in [-0.2, -0.15) is 0 Å². The highest BCUT2D eigenvalue weighted by Gasteiger charge is 2.05. The van der Waals surface area contributed by atoms with E-state index in [0.29, 0.717) is 5.92 Å². The zero-order valence-electron chi connectivity index (χ0n) is 11.1. The molecule has 0 amide bonds. The number of ether oxygens (including phenoxy) is 1. The van der Waals surface area contributed by atoms with Crippen molar-refractivity contribution in [2.75, 3.05) is 13.2 Å². The quantitative estimate of drug-likeness (QED) is 0.784. The minimum absolute atomic E-state index is 0.188. The molecule has 1 N–H and O–H groups in total. The van der Waals surface area contributed by atoms with Gasteiger partial charge in [-0.3, -0.25) is 0 Å². The standard InChI is InChI=1S/C15H24O2/c1-4-5-12(2)11-17-15-8-6-14(7-9-15)13(3)10-16/h6-9,12-13,16H,4-5,10-11H2,1-3H3/t12?,13-/m0/s1. The van der Waals surface area contributed by atoms with Crippen LogP contribution in [0.5, 0.6) is 5.75 Å². The Labute approximate surface area is 105 Å². The van der Waals surface area contributed by atoms with E-state index in [1.807, 2.05) is 31.2 Å². The molecule has 1 rings (SSSR count). The topological polar surface area (TPSA) is 29.5 Å². The van der Waals surface area contributed by atoms with Crippen LogP contribution in [-0.4, -0.2) is 18.3 Å². The second-order valence-corrected chi connectivity index (χ2v) is 4.86. The fraction of sp³-hybridized carbons (Fsp3) is 0.600. The Morgan fingerprint density at radius 1 is 1.18 bits per heavy atom.